The molecule has 0 unspecified atom stereocenters. The number of amides is 1. The van der Waals surface area contributed by atoms with E-state index in [1.165, 1.54) is 0 Å². The van der Waals surface area contributed by atoms with Gasteiger partial charge in [-0.25, -0.2) is 0 Å². The first-order valence-electron chi connectivity index (χ1n) is 3.44. The fourth-order valence-electron chi connectivity index (χ4n) is 0.236. The van der Waals surface area contributed by atoms with E-state index < -0.39 is 12.1 Å². The van der Waals surface area contributed by atoms with Crippen molar-refractivity contribution in [2.45, 2.75) is 19.0 Å². The third-order valence-electron chi connectivity index (χ3n) is 0.854. The highest BCUT2D eigenvalue weighted by molar-refractivity contribution is 5.79. The molecule has 0 aromatic rings. The first-order chi connectivity index (χ1) is 5.86. The molecule has 5 heteroatoms. The highest BCUT2D eigenvalue weighted by atomic mass is 19.4. The second kappa shape index (κ2) is 7.39. The number of carbonyl (C=O) groups excluding carboxylic acids is 1. The quantitative estimate of drug-likeness (QED) is 0.544. The zero-order valence-corrected chi connectivity index (χ0v) is 7.10. The Bertz CT molecular complexity index is 167. The Kier molecular flexibility index (Phi) is 8.12. The van der Waals surface area contributed by atoms with Crippen LogP contribution in [0.15, 0.2) is 25.3 Å². The lowest BCUT2D eigenvalue weighted by Gasteiger charge is -1.95. The van der Waals surface area contributed by atoms with Gasteiger partial charge in [0.25, 0.3) is 0 Å². The van der Waals surface area contributed by atoms with E-state index in [0.29, 0.717) is 0 Å². The lowest BCUT2D eigenvalue weighted by Crippen LogP contribution is -2.30. The lowest BCUT2D eigenvalue weighted by molar-refractivity contribution is -0.169. The minimum absolute atomic E-state index is 1.06. The summed E-state index contributed by atoms with van der Waals surface area (Å²) < 4.78 is 32.1. The second-order valence-corrected chi connectivity index (χ2v) is 2.02. The predicted octanol–water partition coefficient (Wildman–Crippen LogP) is 2.17. The Morgan fingerprint density at radius 3 is 1.54 bits per heavy atom. The highest BCUT2D eigenvalue weighted by Crippen LogP contribution is 2.11. The van der Waals surface area contributed by atoms with Crippen LogP contribution in [0, 0.1) is 0 Å². The molecule has 0 aromatic carbocycles. The van der Waals surface area contributed by atoms with Gasteiger partial charge >= 0.3 is 12.1 Å². The molecule has 0 atom stereocenters. The molecule has 0 heterocycles. The van der Waals surface area contributed by atoms with Gasteiger partial charge in [-0.3, -0.25) is 4.79 Å². The summed E-state index contributed by atoms with van der Waals surface area (Å²) in [5, 5.41) is 0. The maximum Gasteiger partial charge on any atom is 0.470 e. The molecular weight excluding hydrogens is 183 g/mol. The minimum Gasteiger partial charge on any atom is -0.362 e. The van der Waals surface area contributed by atoms with Crippen LogP contribution in [0.4, 0.5) is 13.2 Å². The average molecular weight is 195 g/mol. The van der Waals surface area contributed by atoms with Gasteiger partial charge in [0.15, 0.2) is 0 Å². The first kappa shape index (κ1) is 14.3. The van der Waals surface area contributed by atoms with Gasteiger partial charge in [-0.05, 0) is 12.8 Å². The van der Waals surface area contributed by atoms with E-state index in [1.54, 1.807) is 0 Å². The van der Waals surface area contributed by atoms with Crippen molar-refractivity contribution in [3.8, 4) is 0 Å². The van der Waals surface area contributed by atoms with E-state index in [4.69, 9.17) is 4.79 Å². The molecule has 13 heavy (non-hydrogen) atoms. The van der Waals surface area contributed by atoms with Gasteiger partial charge in [0.1, 0.15) is 0 Å². The van der Waals surface area contributed by atoms with E-state index >= 15 is 0 Å². The standard InChI is InChI=1S/C6H10.C2H2F3NO/c1-3-5-6-4-2;3-2(4,5)1(6)7/h3-4H,1-2,5-6H2;(H2,6,7). The molecule has 0 aliphatic heterocycles. The van der Waals surface area contributed by atoms with Crippen LogP contribution in [0.3, 0.4) is 0 Å². The molecule has 0 fully saturated rings. The summed E-state index contributed by atoms with van der Waals surface area (Å²) in [6.07, 6.45) is 1.04. The zero-order valence-electron chi connectivity index (χ0n) is 7.10. The Balaban J connectivity index is 0. The van der Waals surface area contributed by atoms with Crippen molar-refractivity contribution in [3.05, 3.63) is 25.3 Å². The Hall–Kier alpha value is -1.26. The fraction of sp³-hybridized carbons (Fsp3) is 0.375. The number of alkyl halides is 3. The van der Waals surface area contributed by atoms with Crippen molar-refractivity contribution >= 4 is 5.91 Å². The van der Waals surface area contributed by atoms with E-state index in [-0.39, 0.29) is 0 Å². The van der Waals surface area contributed by atoms with Gasteiger partial charge in [-0.1, -0.05) is 12.2 Å². The van der Waals surface area contributed by atoms with Crippen molar-refractivity contribution in [1.29, 1.82) is 0 Å². The summed E-state index contributed by atoms with van der Waals surface area (Å²) in [5.41, 5.74) is 3.81. The molecule has 0 bridgehead atoms. The van der Waals surface area contributed by atoms with Crippen molar-refractivity contribution in [3.63, 3.8) is 0 Å². The van der Waals surface area contributed by atoms with Crippen LogP contribution in [0.5, 0.6) is 0 Å². The molecule has 76 valence electrons. The lowest BCUT2D eigenvalue weighted by atomic mass is 10.3. The number of hydrogen-bond acceptors (Lipinski definition) is 1. The van der Waals surface area contributed by atoms with Gasteiger partial charge in [0.05, 0.1) is 0 Å². The van der Waals surface area contributed by atoms with Gasteiger partial charge < -0.3 is 5.73 Å². The third kappa shape index (κ3) is 13.7. The summed E-state index contributed by atoms with van der Waals surface area (Å²) in [6, 6.07) is 0. The average Bonchev–Trinajstić information content (AvgIpc) is 2.00. The largest absolute Gasteiger partial charge is 0.470 e. The van der Waals surface area contributed by atoms with Gasteiger partial charge in [-0.15, -0.1) is 13.2 Å². The Labute approximate surface area is 74.9 Å². The van der Waals surface area contributed by atoms with E-state index in [2.05, 4.69) is 18.9 Å². The monoisotopic (exact) mass is 195 g/mol. The SMILES string of the molecule is C=CCCC=C.NC(=O)C(F)(F)F. The molecule has 0 saturated carbocycles. The molecule has 0 aliphatic carbocycles. The number of nitrogens with two attached hydrogens (primary N) is 1. The molecule has 0 aromatic heterocycles. The molecule has 2 N–H and O–H groups in total. The molecule has 2 nitrogen and oxygen atoms in total. The maximum absolute atomic E-state index is 10.7. The number of unbranched alkanes of at least 4 members (excludes halogenated alkanes) is 1. The van der Waals surface area contributed by atoms with Gasteiger partial charge in [0.2, 0.25) is 0 Å². The smallest absolute Gasteiger partial charge is 0.362 e. The fourth-order valence-corrected chi connectivity index (χ4v) is 0.236. The molecule has 0 saturated heterocycles. The summed E-state index contributed by atoms with van der Waals surface area (Å²) in [6.45, 7) is 7.10. The molecule has 0 aliphatic rings. The zero-order chi connectivity index (χ0) is 10.9. The van der Waals surface area contributed by atoms with Crippen LogP contribution in [0.2, 0.25) is 0 Å². The molecule has 0 radical (unpaired) electrons. The maximum atomic E-state index is 10.7. The molecular formula is C8H12F3NO. The summed E-state index contributed by atoms with van der Waals surface area (Å²) >= 11 is 0. The van der Waals surface area contributed by atoms with Crippen LogP contribution in [0.1, 0.15) is 12.8 Å². The third-order valence-corrected chi connectivity index (χ3v) is 0.854. The normalized spacial score (nSPS) is 9.46. The van der Waals surface area contributed by atoms with Crippen LogP contribution in [-0.2, 0) is 4.79 Å². The number of rotatable bonds is 3. The van der Waals surface area contributed by atoms with Crippen LogP contribution < -0.4 is 5.73 Å². The van der Waals surface area contributed by atoms with Gasteiger partial charge in [0, 0.05) is 0 Å². The van der Waals surface area contributed by atoms with Crippen LogP contribution in [-0.4, -0.2) is 12.1 Å². The summed E-state index contributed by atoms with van der Waals surface area (Å²) in [5.74, 6) is -2.26. The Morgan fingerprint density at radius 2 is 1.46 bits per heavy atom. The number of halogens is 3. The topological polar surface area (TPSA) is 43.1 Å². The van der Waals surface area contributed by atoms with Crippen molar-refractivity contribution in [2.24, 2.45) is 5.73 Å². The van der Waals surface area contributed by atoms with E-state index in [1.807, 2.05) is 12.2 Å². The van der Waals surface area contributed by atoms with Crippen LogP contribution in [0.25, 0.3) is 0 Å². The second-order valence-electron chi connectivity index (χ2n) is 2.02. The predicted molar refractivity (Wildman–Crippen MR) is 44.9 cm³/mol. The molecule has 1 amide bonds. The Morgan fingerprint density at radius 1 is 1.23 bits per heavy atom. The van der Waals surface area contributed by atoms with Crippen molar-refractivity contribution in [2.75, 3.05) is 0 Å². The van der Waals surface area contributed by atoms with Crippen LogP contribution >= 0.6 is 0 Å². The number of carbonyl (C=O) groups is 1. The summed E-state index contributed by atoms with van der Waals surface area (Å²) in [7, 11) is 0. The van der Waals surface area contributed by atoms with E-state index in [9.17, 15) is 13.2 Å². The van der Waals surface area contributed by atoms with Gasteiger partial charge in [-0.2, -0.15) is 13.2 Å². The number of hydrogen-bond donors (Lipinski definition) is 1. The highest BCUT2D eigenvalue weighted by Gasteiger charge is 2.35. The number of allylic oxidation sites excluding steroid dienone is 2. The van der Waals surface area contributed by atoms with Crippen molar-refractivity contribution in [1.82, 2.24) is 0 Å². The minimum atomic E-state index is -4.86. The van der Waals surface area contributed by atoms with Crippen molar-refractivity contribution < 1.29 is 18.0 Å². The first-order valence-corrected chi connectivity index (χ1v) is 3.44. The molecule has 0 spiro atoms. The number of primary amides is 1. The van der Waals surface area contributed by atoms with E-state index in [0.717, 1.165) is 12.8 Å². The summed E-state index contributed by atoms with van der Waals surface area (Å²) in [4.78, 5) is 9.12. The molecule has 0 rings (SSSR count).